The van der Waals surface area contributed by atoms with E-state index in [4.69, 9.17) is 5.73 Å². The number of anilines is 1. The zero-order valence-corrected chi connectivity index (χ0v) is 12.0. The molecular formula is C17H17N3O2. The summed E-state index contributed by atoms with van der Waals surface area (Å²) in [6, 6.07) is 18.0. The molecule has 5 heteroatoms. The van der Waals surface area contributed by atoms with Gasteiger partial charge in [-0.2, -0.15) is 0 Å². The Morgan fingerprint density at radius 3 is 2.18 bits per heavy atom. The van der Waals surface area contributed by atoms with E-state index in [0.29, 0.717) is 5.69 Å². The number of primary amides is 1. The third kappa shape index (κ3) is 2.93. The number of hydrazine groups is 1. The summed E-state index contributed by atoms with van der Waals surface area (Å²) in [7, 11) is 0. The van der Waals surface area contributed by atoms with Gasteiger partial charge in [-0.05, 0) is 30.0 Å². The number of amides is 3. The van der Waals surface area contributed by atoms with Crippen molar-refractivity contribution in [1.82, 2.24) is 5.43 Å². The topological polar surface area (TPSA) is 75.4 Å². The van der Waals surface area contributed by atoms with Gasteiger partial charge in [-0.15, -0.1) is 0 Å². The predicted octanol–water partition coefficient (Wildman–Crippen LogP) is 2.41. The molecule has 2 unspecified atom stereocenters. The summed E-state index contributed by atoms with van der Waals surface area (Å²) in [6.45, 7) is 0. The van der Waals surface area contributed by atoms with Crippen molar-refractivity contribution in [3.63, 3.8) is 0 Å². The Balaban J connectivity index is 1.67. The lowest BCUT2D eigenvalue weighted by molar-refractivity contribution is -0.122. The molecule has 3 rings (SSSR count). The zero-order valence-electron chi connectivity index (χ0n) is 12.0. The monoisotopic (exact) mass is 295 g/mol. The summed E-state index contributed by atoms with van der Waals surface area (Å²) in [5, 5.41) is 1.09. The fraction of sp³-hybridized carbons (Fsp3) is 0.176. The van der Waals surface area contributed by atoms with Crippen molar-refractivity contribution in [2.75, 3.05) is 5.01 Å². The molecule has 3 N–H and O–H groups in total. The smallest absolute Gasteiger partial charge is 0.338 e. The van der Waals surface area contributed by atoms with Gasteiger partial charge >= 0.3 is 6.03 Å². The molecule has 0 spiro atoms. The highest BCUT2D eigenvalue weighted by Crippen LogP contribution is 2.47. The Hall–Kier alpha value is -2.82. The highest BCUT2D eigenvalue weighted by Gasteiger charge is 2.44. The molecule has 2 atom stereocenters. The van der Waals surface area contributed by atoms with Crippen LogP contribution in [-0.4, -0.2) is 11.9 Å². The number of benzene rings is 2. The van der Waals surface area contributed by atoms with Crippen LogP contribution in [0.4, 0.5) is 10.5 Å². The van der Waals surface area contributed by atoms with Crippen LogP contribution in [0, 0.1) is 5.92 Å². The standard InChI is InChI=1S/C17H17N3O2/c18-17(22)20(13-9-5-2-6-10-13)19-16(21)15-11-14(15)12-7-3-1-4-8-12/h1-10,14-15H,11H2,(H2,18,22)(H,19,21). The molecule has 2 aromatic carbocycles. The molecule has 0 saturated heterocycles. The summed E-state index contributed by atoms with van der Waals surface area (Å²) in [5.74, 6) is -0.0869. The average molecular weight is 295 g/mol. The summed E-state index contributed by atoms with van der Waals surface area (Å²) >= 11 is 0. The molecule has 1 fully saturated rings. The van der Waals surface area contributed by atoms with Gasteiger partial charge in [0.15, 0.2) is 0 Å². The number of rotatable bonds is 3. The third-order valence-corrected chi connectivity index (χ3v) is 3.81. The number of carbonyl (C=O) groups excluding carboxylic acids is 2. The number of hydrogen-bond donors (Lipinski definition) is 2. The van der Waals surface area contributed by atoms with Crippen molar-refractivity contribution < 1.29 is 9.59 Å². The third-order valence-electron chi connectivity index (χ3n) is 3.81. The first-order valence-corrected chi connectivity index (χ1v) is 7.17. The quantitative estimate of drug-likeness (QED) is 0.853. The number of hydrogen-bond acceptors (Lipinski definition) is 2. The lowest BCUT2D eigenvalue weighted by atomic mass is 10.1. The Labute approximate surface area is 128 Å². The molecule has 2 aromatic rings. The van der Waals surface area contributed by atoms with Crippen molar-refractivity contribution in [2.45, 2.75) is 12.3 Å². The molecule has 0 bridgehead atoms. The second-order valence-electron chi connectivity index (χ2n) is 5.34. The molecule has 1 saturated carbocycles. The molecular weight excluding hydrogens is 278 g/mol. The van der Waals surface area contributed by atoms with Gasteiger partial charge in [0, 0.05) is 5.92 Å². The van der Waals surface area contributed by atoms with Crippen LogP contribution < -0.4 is 16.2 Å². The van der Waals surface area contributed by atoms with Crippen LogP contribution in [0.25, 0.3) is 0 Å². The summed E-state index contributed by atoms with van der Waals surface area (Å²) < 4.78 is 0. The fourth-order valence-electron chi connectivity index (χ4n) is 2.57. The maximum atomic E-state index is 12.3. The molecule has 0 aromatic heterocycles. The molecule has 0 heterocycles. The second-order valence-corrected chi connectivity index (χ2v) is 5.34. The fourth-order valence-corrected chi connectivity index (χ4v) is 2.57. The zero-order chi connectivity index (χ0) is 15.5. The molecule has 0 radical (unpaired) electrons. The van der Waals surface area contributed by atoms with Crippen molar-refractivity contribution in [3.8, 4) is 0 Å². The Kier molecular flexibility index (Phi) is 3.78. The summed E-state index contributed by atoms with van der Waals surface area (Å²) in [4.78, 5) is 23.9. The van der Waals surface area contributed by atoms with Crippen LogP contribution in [-0.2, 0) is 4.79 Å². The largest absolute Gasteiger partial charge is 0.350 e. The van der Waals surface area contributed by atoms with E-state index in [-0.39, 0.29) is 17.7 Å². The minimum Gasteiger partial charge on any atom is -0.350 e. The normalized spacial score (nSPS) is 19.3. The van der Waals surface area contributed by atoms with Gasteiger partial charge in [-0.1, -0.05) is 48.5 Å². The lowest BCUT2D eigenvalue weighted by Gasteiger charge is -2.21. The van der Waals surface area contributed by atoms with Gasteiger partial charge in [0.25, 0.3) is 0 Å². The molecule has 1 aliphatic carbocycles. The molecule has 112 valence electrons. The SMILES string of the molecule is NC(=O)N(NC(=O)C1CC1c1ccccc1)c1ccccc1. The second kappa shape index (κ2) is 5.89. The van der Waals surface area contributed by atoms with Gasteiger partial charge in [-0.25, -0.2) is 9.80 Å². The molecule has 0 aliphatic heterocycles. The van der Waals surface area contributed by atoms with Crippen molar-refractivity contribution in [3.05, 3.63) is 66.2 Å². The first-order valence-electron chi connectivity index (χ1n) is 7.17. The van der Waals surface area contributed by atoms with Crippen LogP contribution in [0.3, 0.4) is 0 Å². The van der Waals surface area contributed by atoms with Crippen LogP contribution in [0.2, 0.25) is 0 Å². The molecule has 3 amide bonds. The first kappa shape index (κ1) is 14.1. The number of nitrogens with one attached hydrogen (secondary N) is 1. The van der Waals surface area contributed by atoms with E-state index < -0.39 is 6.03 Å². The lowest BCUT2D eigenvalue weighted by Crippen LogP contribution is -2.49. The van der Waals surface area contributed by atoms with E-state index in [0.717, 1.165) is 17.0 Å². The molecule has 22 heavy (non-hydrogen) atoms. The van der Waals surface area contributed by atoms with Gasteiger partial charge in [-0.3, -0.25) is 10.2 Å². The van der Waals surface area contributed by atoms with Crippen molar-refractivity contribution in [1.29, 1.82) is 0 Å². The van der Waals surface area contributed by atoms with Gasteiger partial charge in [0.2, 0.25) is 5.91 Å². The van der Waals surface area contributed by atoms with Gasteiger partial charge in [0.05, 0.1) is 5.69 Å². The molecule has 5 nitrogen and oxygen atoms in total. The van der Waals surface area contributed by atoms with Crippen LogP contribution in [0.5, 0.6) is 0 Å². The van der Waals surface area contributed by atoms with Crippen LogP contribution in [0.1, 0.15) is 17.9 Å². The average Bonchev–Trinajstić information content (AvgIpc) is 3.34. The maximum absolute atomic E-state index is 12.3. The number of urea groups is 1. The minimum absolute atomic E-state index is 0.118. The number of para-hydroxylation sites is 1. The highest BCUT2D eigenvalue weighted by molar-refractivity contribution is 5.95. The Bertz CT molecular complexity index is 673. The van der Waals surface area contributed by atoms with Crippen LogP contribution in [0.15, 0.2) is 60.7 Å². The van der Waals surface area contributed by atoms with E-state index in [1.807, 2.05) is 36.4 Å². The molecule has 1 aliphatic rings. The van der Waals surface area contributed by atoms with Gasteiger partial charge < -0.3 is 5.73 Å². The number of carbonyl (C=O) groups is 2. The van der Waals surface area contributed by atoms with Crippen LogP contribution >= 0.6 is 0 Å². The summed E-state index contributed by atoms with van der Waals surface area (Å²) in [5.41, 5.74) is 9.66. The summed E-state index contributed by atoms with van der Waals surface area (Å²) in [6.07, 6.45) is 0.789. The van der Waals surface area contributed by atoms with E-state index in [2.05, 4.69) is 5.43 Å². The highest BCUT2D eigenvalue weighted by atomic mass is 16.2. The Morgan fingerprint density at radius 1 is 1.00 bits per heavy atom. The minimum atomic E-state index is -0.712. The van der Waals surface area contributed by atoms with E-state index in [9.17, 15) is 9.59 Å². The first-order chi connectivity index (χ1) is 10.7. The maximum Gasteiger partial charge on any atom is 0.338 e. The van der Waals surface area contributed by atoms with Gasteiger partial charge in [0.1, 0.15) is 0 Å². The van der Waals surface area contributed by atoms with E-state index in [1.165, 1.54) is 0 Å². The van der Waals surface area contributed by atoms with E-state index >= 15 is 0 Å². The Morgan fingerprint density at radius 2 is 1.59 bits per heavy atom. The van der Waals surface area contributed by atoms with E-state index in [1.54, 1.807) is 24.3 Å². The van der Waals surface area contributed by atoms with Crippen molar-refractivity contribution in [2.24, 2.45) is 11.7 Å². The van der Waals surface area contributed by atoms with Crippen molar-refractivity contribution >= 4 is 17.6 Å². The number of nitrogens with two attached hydrogens (primary N) is 1. The number of nitrogens with zero attached hydrogens (tertiary/aromatic N) is 1. The predicted molar refractivity (Wildman–Crippen MR) is 83.9 cm³/mol.